The van der Waals surface area contributed by atoms with Gasteiger partial charge in [0.15, 0.2) is 9.84 Å². The summed E-state index contributed by atoms with van der Waals surface area (Å²) in [7, 11) is -2.92. The molecule has 1 fully saturated rings. The SMILES string of the molecule is Cc1nc(Cl)cc(NCC2CCCS2(=O)=O)n1. The molecular weight excluding hydrogens is 262 g/mol. The van der Waals surface area contributed by atoms with Crippen molar-refractivity contribution in [2.24, 2.45) is 0 Å². The van der Waals surface area contributed by atoms with Gasteiger partial charge in [0.2, 0.25) is 0 Å². The quantitative estimate of drug-likeness (QED) is 0.845. The van der Waals surface area contributed by atoms with Gasteiger partial charge < -0.3 is 5.32 Å². The predicted octanol–water partition coefficient (Wildman–Crippen LogP) is 1.43. The summed E-state index contributed by atoms with van der Waals surface area (Å²) in [5.74, 6) is 1.43. The maximum absolute atomic E-state index is 11.6. The Labute approximate surface area is 106 Å². The number of sulfone groups is 1. The topological polar surface area (TPSA) is 72.0 Å². The smallest absolute Gasteiger partial charge is 0.154 e. The molecule has 0 aromatic carbocycles. The summed E-state index contributed by atoms with van der Waals surface area (Å²) in [6, 6.07) is 1.59. The fourth-order valence-electron chi connectivity index (χ4n) is 1.93. The Balaban J connectivity index is 2.03. The number of nitrogens with zero attached hydrogens (tertiary/aromatic N) is 2. The lowest BCUT2D eigenvalue weighted by atomic mass is 10.2. The van der Waals surface area contributed by atoms with Gasteiger partial charge in [0.1, 0.15) is 16.8 Å². The first kappa shape index (κ1) is 12.6. The molecule has 2 rings (SSSR count). The van der Waals surface area contributed by atoms with E-state index in [0.717, 1.165) is 6.42 Å². The summed E-state index contributed by atoms with van der Waals surface area (Å²) in [5.41, 5.74) is 0. The van der Waals surface area contributed by atoms with Crippen LogP contribution in [0.15, 0.2) is 6.07 Å². The molecule has 1 aromatic heterocycles. The van der Waals surface area contributed by atoms with E-state index in [-0.39, 0.29) is 5.25 Å². The second kappa shape index (κ2) is 4.78. The second-order valence-corrected chi connectivity index (χ2v) is 6.92. The molecule has 0 bridgehead atoms. The minimum Gasteiger partial charge on any atom is -0.369 e. The van der Waals surface area contributed by atoms with E-state index in [0.29, 0.717) is 35.5 Å². The molecule has 17 heavy (non-hydrogen) atoms. The number of aryl methyl sites for hydroxylation is 1. The molecule has 1 aliphatic rings. The van der Waals surface area contributed by atoms with Crippen molar-refractivity contribution in [1.29, 1.82) is 0 Å². The number of halogens is 1. The molecule has 0 saturated carbocycles. The lowest BCUT2D eigenvalue weighted by Gasteiger charge is -2.11. The molecule has 2 heterocycles. The second-order valence-electron chi connectivity index (χ2n) is 4.14. The molecule has 1 unspecified atom stereocenters. The molecule has 1 aromatic rings. The first-order valence-electron chi connectivity index (χ1n) is 5.44. The van der Waals surface area contributed by atoms with E-state index in [1.807, 2.05) is 0 Å². The minimum atomic E-state index is -2.92. The number of rotatable bonds is 3. The molecule has 5 nitrogen and oxygen atoms in total. The van der Waals surface area contributed by atoms with Crippen molar-refractivity contribution >= 4 is 27.3 Å². The molecule has 1 N–H and O–H groups in total. The van der Waals surface area contributed by atoms with Crippen molar-refractivity contribution in [2.75, 3.05) is 17.6 Å². The van der Waals surface area contributed by atoms with Crippen LogP contribution in [0.1, 0.15) is 18.7 Å². The normalized spacial score (nSPS) is 22.6. The molecular formula is C10H14ClN3O2S. The third-order valence-corrected chi connectivity index (χ3v) is 5.25. The molecule has 0 spiro atoms. The molecule has 0 radical (unpaired) electrons. The monoisotopic (exact) mass is 275 g/mol. The van der Waals surface area contributed by atoms with Crippen LogP contribution in [0, 0.1) is 6.92 Å². The largest absolute Gasteiger partial charge is 0.369 e. The summed E-state index contributed by atoms with van der Waals surface area (Å²) < 4.78 is 23.2. The van der Waals surface area contributed by atoms with Gasteiger partial charge in [0.25, 0.3) is 0 Å². The highest BCUT2D eigenvalue weighted by atomic mass is 35.5. The number of hydrogen-bond donors (Lipinski definition) is 1. The number of anilines is 1. The molecule has 0 amide bonds. The maximum atomic E-state index is 11.6. The van der Waals surface area contributed by atoms with Gasteiger partial charge in [-0.15, -0.1) is 0 Å². The van der Waals surface area contributed by atoms with E-state index in [1.54, 1.807) is 13.0 Å². The third-order valence-electron chi connectivity index (χ3n) is 2.78. The highest BCUT2D eigenvalue weighted by Crippen LogP contribution is 2.20. The minimum absolute atomic E-state index is 0.295. The number of hydrogen-bond acceptors (Lipinski definition) is 5. The average molecular weight is 276 g/mol. The van der Waals surface area contributed by atoms with Gasteiger partial charge in [-0.05, 0) is 19.8 Å². The highest BCUT2D eigenvalue weighted by molar-refractivity contribution is 7.92. The number of nitrogens with one attached hydrogen (secondary N) is 1. The molecule has 1 saturated heterocycles. The van der Waals surface area contributed by atoms with Crippen LogP contribution in [-0.2, 0) is 9.84 Å². The Bertz CT molecular complexity index is 498. The van der Waals surface area contributed by atoms with Gasteiger partial charge in [-0.2, -0.15) is 0 Å². The van der Waals surface area contributed by atoms with Crippen molar-refractivity contribution in [2.45, 2.75) is 25.0 Å². The van der Waals surface area contributed by atoms with Crippen molar-refractivity contribution < 1.29 is 8.42 Å². The van der Waals surface area contributed by atoms with Gasteiger partial charge >= 0.3 is 0 Å². The standard InChI is InChI=1S/C10H14ClN3O2S/c1-7-13-9(11)5-10(14-7)12-6-8-3-2-4-17(8,15)16/h5,8H,2-4,6H2,1H3,(H,12,13,14). The average Bonchev–Trinajstić information content (AvgIpc) is 2.53. The Hall–Kier alpha value is -0.880. The first-order valence-corrected chi connectivity index (χ1v) is 7.53. The van der Waals surface area contributed by atoms with Crippen molar-refractivity contribution in [3.8, 4) is 0 Å². The van der Waals surface area contributed by atoms with Crippen LogP contribution in [0.3, 0.4) is 0 Å². The van der Waals surface area contributed by atoms with Gasteiger partial charge in [-0.25, -0.2) is 18.4 Å². The Morgan fingerprint density at radius 2 is 2.29 bits per heavy atom. The Morgan fingerprint density at radius 3 is 2.88 bits per heavy atom. The van der Waals surface area contributed by atoms with E-state index in [2.05, 4.69) is 15.3 Å². The third kappa shape index (κ3) is 3.07. The summed E-state index contributed by atoms with van der Waals surface area (Å²) >= 11 is 5.79. The molecule has 0 aliphatic carbocycles. The van der Waals surface area contributed by atoms with Crippen molar-refractivity contribution in [3.63, 3.8) is 0 Å². The molecule has 7 heteroatoms. The van der Waals surface area contributed by atoms with Crippen LogP contribution in [0.25, 0.3) is 0 Å². The zero-order valence-corrected chi connectivity index (χ0v) is 11.1. The van der Waals surface area contributed by atoms with Gasteiger partial charge in [-0.3, -0.25) is 0 Å². The van der Waals surface area contributed by atoms with Crippen LogP contribution in [0.2, 0.25) is 5.15 Å². The lowest BCUT2D eigenvalue weighted by molar-refractivity contribution is 0.591. The van der Waals surface area contributed by atoms with Crippen LogP contribution in [0.5, 0.6) is 0 Å². The van der Waals surface area contributed by atoms with E-state index >= 15 is 0 Å². The highest BCUT2D eigenvalue weighted by Gasteiger charge is 2.30. The summed E-state index contributed by atoms with van der Waals surface area (Å²) in [6.45, 7) is 2.12. The van der Waals surface area contributed by atoms with Gasteiger partial charge in [0, 0.05) is 12.6 Å². The van der Waals surface area contributed by atoms with E-state index < -0.39 is 9.84 Å². The first-order chi connectivity index (χ1) is 7.97. The molecule has 1 atom stereocenters. The summed E-state index contributed by atoms with van der Waals surface area (Å²) in [4.78, 5) is 8.08. The van der Waals surface area contributed by atoms with Crippen LogP contribution in [0.4, 0.5) is 5.82 Å². The van der Waals surface area contributed by atoms with Crippen LogP contribution < -0.4 is 5.32 Å². The van der Waals surface area contributed by atoms with E-state index in [1.165, 1.54) is 0 Å². The summed E-state index contributed by atoms with van der Waals surface area (Å²) in [6.07, 6.45) is 1.46. The zero-order valence-electron chi connectivity index (χ0n) is 9.48. The number of aromatic nitrogens is 2. The summed E-state index contributed by atoms with van der Waals surface area (Å²) in [5, 5.41) is 3.06. The Morgan fingerprint density at radius 1 is 1.53 bits per heavy atom. The van der Waals surface area contributed by atoms with Crippen LogP contribution in [-0.4, -0.2) is 35.9 Å². The van der Waals surface area contributed by atoms with Gasteiger partial charge in [-0.1, -0.05) is 11.6 Å². The van der Waals surface area contributed by atoms with Crippen molar-refractivity contribution in [3.05, 3.63) is 17.0 Å². The Kier molecular flexibility index (Phi) is 3.53. The lowest BCUT2D eigenvalue weighted by Crippen LogP contribution is -2.25. The molecule has 1 aliphatic heterocycles. The van der Waals surface area contributed by atoms with E-state index in [4.69, 9.17) is 11.6 Å². The predicted molar refractivity (Wildman–Crippen MR) is 67.1 cm³/mol. The fraction of sp³-hybridized carbons (Fsp3) is 0.600. The zero-order chi connectivity index (χ0) is 12.5. The van der Waals surface area contributed by atoms with Crippen LogP contribution >= 0.6 is 11.6 Å². The fourth-order valence-corrected chi connectivity index (χ4v) is 3.92. The van der Waals surface area contributed by atoms with Crippen molar-refractivity contribution in [1.82, 2.24) is 9.97 Å². The maximum Gasteiger partial charge on any atom is 0.154 e. The van der Waals surface area contributed by atoms with E-state index in [9.17, 15) is 8.42 Å². The van der Waals surface area contributed by atoms with Gasteiger partial charge in [0.05, 0.1) is 11.0 Å². The molecule has 94 valence electrons.